The lowest BCUT2D eigenvalue weighted by molar-refractivity contribution is 0.275. The van der Waals surface area contributed by atoms with Crippen molar-refractivity contribution >= 4 is 27.9 Å². The van der Waals surface area contributed by atoms with Gasteiger partial charge in [-0.15, -0.1) is 0 Å². The minimum atomic E-state index is -0.110. The van der Waals surface area contributed by atoms with Crippen molar-refractivity contribution in [1.29, 1.82) is 0 Å². The Labute approximate surface area is 118 Å². The fourth-order valence-corrected chi connectivity index (χ4v) is 2.98. The second kappa shape index (κ2) is 4.94. The normalized spacial score (nSPS) is 11.3. The fraction of sp³-hybridized carbons (Fsp3) is 0.154. The molecule has 2 aromatic heterocycles. The van der Waals surface area contributed by atoms with Gasteiger partial charge >= 0.3 is 0 Å². The first-order chi connectivity index (χ1) is 9.22. The van der Waals surface area contributed by atoms with E-state index >= 15 is 0 Å². The van der Waals surface area contributed by atoms with Gasteiger partial charge in [0.1, 0.15) is 0 Å². The number of imidazole rings is 1. The molecule has 3 rings (SSSR count). The number of rotatable bonds is 3. The molecule has 0 amide bonds. The van der Waals surface area contributed by atoms with Crippen LogP contribution in [0, 0.1) is 0 Å². The Hall–Kier alpha value is -1.40. The Morgan fingerprint density at radius 3 is 2.53 bits per heavy atom. The van der Waals surface area contributed by atoms with Gasteiger partial charge in [-0.3, -0.25) is 4.40 Å². The van der Waals surface area contributed by atoms with Crippen LogP contribution in [-0.4, -0.2) is 19.6 Å². The first-order valence-electron chi connectivity index (χ1n) is 5.70. The highest BCUT2D eigenvalue weighted by Gasteiger charge is 2.15. The topological polar surface area (TPSA) is 57.8 Å². The lowest BCUT2D eigenvalue weighted by atomic mass is 10.1. The van der Waals surface area contributed by atoms with Crippen LogP contribution in [0.2, 0.25) is 5.02 Å². The van der Waals surface area contributed by atoms with Gasteiger partial charge in [0.25, 0.3) is 0 Å². The molecule has 0 aliphatic carbocycles. The molecule has 0 fully saturated rings. The minimum absolute atomic E-state index is 0.0187. The maximum absolute atomic E-state index is 9.56. The highest BCUT2D eigenvalue weighted by atomic mass is 35.5. The number of thiazole rings is 1. The van der Waals surface area contributed by atoms with Crippen molar-refractivity contribution in [3.8, 4) is 11.3 Å². The minimum Gasteiger partial charge on any atom is -0.391 e. The molecule has 4 nitrogen and oxygen atoms in total. The fourth-order valence-electron chi connectivity index (χ4n) is 2.00. The molecule has 0 radical (unpaired) electrons. The van der Waals surface area contributed by atoms with Gasteiger partial charge in [0, 0.05) is 16.8 Å². The molecule has 2 N–H and O–H groups in total. The average molecular weight is 295 g/mol. The van der Waals surface area contributed by atoms with Gasteiger partial charge in [-0.25, -0.2) is 4.98 Å². The first-order valence-corrected chi connectivity index (χ1v) is 6.89. The second-order valence-corrected chi connectivity index (χ2v) is 5.61. The molecule has 19 heavy (non-hydrogen) atoms. The van der Waals surface area contributed by atoms with Crippen LogP contribution in [0.5, 0.6) is 0 Å². The standard InChI is InChI=1S/C13H11ClN2O2S/c14-9-3-1-8(2-4-9)12-11(7-18)16-5-10(6-17)19-13(16)15-12/h1-5,17-18H,6-7H2. The van der Waals surface area contributed by atoms with Crippen molar-refractivity contribution in [3.63, 3.8) is 0 Å². The van der Waals surface area contributed by atoms with Gasteiger partial charge < -0.3 is 10.2 Å². The van der Waals surface area contributed by atoms with E-state index in [2.05, 4.69) is 4.98 Å². The molecule has 6 heteroatoms. The quantitative estimate of drug-likeness (QED) is 0.781. The van der Waals surface area contributed by atoms with Crippen molar-refractivity contribution in [2.75, 3.05) is 0 Å². The summed E-state index contributed by atoms with van der Waals surface area (Å²) in [4.78, 5) is 6.10. The van der Waals surface area contributed by atoms with Gasteiger partial charge in [-0.2, -0.15) is 0 Å². The SMILES string of the molecule is OCc1cn2c(CO)c(-c3ccc(Cl)cc3)nc2s1. The van der Waals surface area contributed by atoms with Crippen LogP contribution in [0.25, 0.3) is 16.2 Å². The van der Waals surface area contributed by atoms with Crippen LogP contribution >= 0.6 is 22.9 Å². The van der Waals surface area contributed by atoms with Gasteiger partial charge in [0.2, 0.25) is 0 Å². The highest BCUT2D eigenvalue weighted by Crippen LogP contribution is 2.29. The summed E-state index contributed by atoms with van der Waals surface area (Å²) in [5.74, 6) is 0. The average Bonchev–Trinajstić information content (AvgIpc) is 2.96. The summed E-state index contributed by atoms with van der Waals surface area (Å²) in [5.41, 5.74) is 2.37. The van der Waals surface area contributed by atoms with Gasteiger partial charge in [-0.1, -0.05) is 35.1 Å². The maximum Gasteiger partial charge on any atom is 0.194 e. The summed E-state index contributed by atoms with van der Waals surface area (Å²) in [5, 5.41) is 19.4. The maximum atomic E-state index is 9.56. The zero-order valence-electron chi connectivity index (χ0n) is 9.88. The summed E-state index contributed by atoms with van der Waals surface area (Å²) in [6.07, 6.45) is 1.80. The molecule has 0 spiro atoms. The number of aliphatic hydroxyl groups is 2. The van der Waals surface area contributed by atoms with Crippen LogP contribution in [0.4, 0.5) is 0 Å². The molecule has 0 aliphatic rings. The highest BCUT2D eigenvalue weighted by molar-refractivity contribution is 7.17. The zero-order valence-corrected chi connectivity index (χ0v) is 11.4. The Morgan fingerprint density at radius 2 is 1.89 bits per heavy atom. The van der Waals surface area contributed by atoms with Gasteiger partial charge in [0.15, 0.2) is 4.96 Å². The Morgan fingerprint density at radius 1 is 1.16 bits per heavy atom. The molecule has 0 saturated carbocycles. The van der Waals surface area contributed by atoms with Gasteiger partial charge in [-0.05, 0) is 12.1 Å². The lowest BCUT2D eigenvalue weighted by Crippen LogP contribution is -1.92. The molecule has 1 aromatic carbocycles. The van der Waals surface area contributed by atoms with Crippen molar-refractivity contribution in [3.05, 3.63) is 46.1 Å². The zero-order chi connectivity index (χ0) is 13.4. The molecule has 0 unspecified atom stereocenters. The van der Waals surface area contributed by atoms with E-state index in [-0.39, 0.29) is 13.2 Å². The van der Waals surface area contributed by atoms with E-state index in [1.54, 1.807) is 18.3 Å². The number of aromatic nitrogens is 2. The summed E-state index contributed by atoms with van der Waals surface area (Å²) in [6, 6.07) is 7.34. The van der Waals surface area contributed by atoms with Crippen LogP contribution in [0.1, 0.15) is 10.6 Å². The molecule has 0 saturated heterocycles. The molecule has 0 aliphatic heterocycles. The number of hydrogen-bond acceptors (Lipinski definition) is 4. The number of fused-ring (bicyclic) bond motifs is 1. The summed E-state index contributed by atoms with van der Waals surface area (Å²) < 4.78 is 1.82. The van der Waals surface area contributed by atoms with Gasteiger partial charge in [0.05, 0.1) is 29.5 Å². The van der Waals surface area contributed by atoms with E-state index in [4.69, 9.17) is 16.7 Å². The predicted octanol–water partition coefficient (Wildman–Crippen LogP) is 2.70. The number of benzene rings is 1. The first kappa shape index (κ1) is 12.6. The van der Waals surface area contributed by atoms with E-state index in [1.807, 2.05) is 16.5 Å². The van der Waals surface area contributed by atoms with Crippen molar-refractivity contribution < 1.29 is 10.2 Å². The molecule has 0 bridgehead atoms. The van der Waals surface area contributed by atoms with Crippen LogP contribution < -0.4 is 0 Å². The summed E-state index contributed by atoms with van der Waals surface area (Å²) in [6.45, 7) is -0.129. The monoisotopic (exact) mass is 294 g/mol. The molecular weight excluding hydrogens is 284 g/mol. The largest absolute Gasteiger partial charge is 0.391 e. The van der Waals surface area contributed by atoms with E-state index in [1.165, 1.54) is 11.3 Å². The summed E-state index contributed by atoms with van der Waals surface area (Å²) in [7, 11) is 0. The Kier molecular flexibility index (Phi) is 3.28. The van der Waals surface area contributed by atoms with Crippen LogP contribution in [0.15, 0.2) is 30.5 Å². The second-order valence-electron chi connectivity index (χ2n) is 4.08. The predicted molar refractivity (Wildman–Crippen MR) is 75.4 cm³/mol. The van der Waals surface area contributed by atoms with E-state index < -0.39 is 0 Å². The van der Waals surface area contributed by atoms with E-state index in [9.17, 15) is 5.11 Å². The third-order valence-corrected chi connectivity index (χ3v) is 4.12. The smallest absolute Gasteiger partial charge is 0.194 e. The number of halogens is 1. The molecule has 3 aromatic rings. The number of hydrogen-bond donors (Lipinski definition) is 2. The van der Waals surface area contributed by atoms with Crippen molar-refractivity contribution in [1.82, 2.24) is 9.38 Å². The van der Waals surface area contributed by atoms with E-state index in [0.29, 0.717) is 10.7 Å². The molecule has 0 atom stereocenters. The summed E-state index contributed by atoms with van der Waals surface area (Å²) >= 11 is 7.28. The van der Waals surface area contributed by atoms with Crippen LogP contribution in [0.3, 0.4) is 0 Å². The van der Waals surface area contributed by atoms with Crippen molar-refractivity contribution in [2.45, 2.75) is 13.2 Å². The van der Waals surface area contributed by atoms with Crippen LogP contribution in [-0.2, 0) is 13.2 Å². The number of aliphatic hydroxyl groups excluding tert-OH is 2. The van der Waals surface area contributed by atoms with E-state index in [0.717, 1.165) is 21.1 Å². The van der Waals surface area contributed by atoms with Crippen molar-refractivity contribution in [2.24, 2.45) is 0 Å². The molecular formula is C13H11ClN2O2S. The Bertz CT molecular complexity index is 718. The Balaban J connectivity index is 2.18. The molecule has 2 heterocycles. The molecule has 98 valence electrons. The third-order valence-electron chi connectivity index (χ3n) is 2.90. The third kappa shape index (κ3) is 2.15. The number of nitrogens with zero attached hydrogens (tertiary/aromatic N) is 2. The lowest BCUT2D eigenvalue weighted by Gasteiger charge is -2.01.